The highest BCUT2D eigenvalue weighted by Crippen LogP contribution is 2.39. The number of ether oxygens (including phenoxy) is 1. The van der Waals surface area contributed by atoms with Gasteiger partial charge in [-0.2, -0.15) is 0 Å². The lowest BCUT2D eigenvalue weighted by Crippen LogP contribution is -2.25. The smallest absolute Gasteiger partial charge is 0.306 e. The number of fused-ring (bicyclic) bond motifs is 1. The average Bonchev–Trinajstić information content (AvgIpc) is 3.32. The van der Waals surface area contributed by atoms with Gasteiger partial charge in [0.15, 0.2) is 0 Å². The molecule has 0 saturated heterocycles. The molecule has 0 radical (unpaired) electrons. The van der Waals surface area contributed by atoms with E-state index in [2.05, 4.69) is 36.4 Å². The summed E-state index contributed by atoms with van der Waals surface area (Å²) in [6, 6.07) is 8.52. The SMILES string of the molecule is CC(C)OC(=O)CCCC=CC[C@H]1CC[C@@H](O)[C@@H]1CC[C@@H](O)C1Cc2ccccc2C1. The monoisotopic (exact) mass is 428 g/mol. The molecule has 0 amide bonds. The fraction of sp³-hybridized carbons (Fsp3) is 0.667. The van der Waals surface area contributed by atoms with Crippen molar-refractivity contribution in [1.82, 2.24) is 0 Å². The largest absolute Gasteiger partial charge is 0.463 e. The number of rotatable bonds is 11. The van der Waals surface area contributed by atoms with Gasteiger partial charge in [-0.15, -0.1) is 0 Å². The Labute approximate surface area is 187 Å². The van der Waals surface area contributed by atoms with Crippen molar-refractivity contribution >= 4 is 5.97 Å². The number of carbonyl (C=O) groups is 1. The van der Waals surface area contributed by atoms with Crippen molar-refractivity contribution < 1.29 is 19.7 Å². The number of hydrogen-bond acceptors (Lipinski definition) is 4. The van der Waals surface area contributed by atoms with E-state index < -0.39 is 0 Å². The van der Waals surface area contributed by atoms with Crippen LogP contribution in [0.25, 0.3) is 0 Å². The van der Waals surface area contributed by atoms with Gasteiger partial charge in [-0.3, -0.25) is 4.79 Å². The maximum absolute atomic E-state index is 11.6. The molecule has 4 nitrogen and oxygen atoms in total. The molecule has 0 aliphatic heterocycles. The molecule has 2 aliphatic carbocycles. The second kappa shape index (κ2) is 11.8. The maximum atomic E-state index is 11.6. The van der Waals surface area contributed by atoms with E-state index in [0.29, 0.717) is 18.3 Å². The molecule has 0 heterocycles. The molecule has 2 N–H and O–H groups in total. The van der Waals surface area contributed by atoms with E-state index in [0.717, 1.165) is 57.8 Å². The van der Waals surface area contributed by atoms with Crippen molar-refractivity contribution in [2.45, 2.75) is 96.4 Å². The molecule has 0 spiro atoms. The Morgan fingerprint density at radius 2 is 1.87 bits per heavy atom. The number of unbranched alkanes of at least 4 members (excludes halogenated alkanes) is 1. The van der Waals surface area contributed by atoms with Gasteiger partial charge in [0.05, 0.1) is 18.3 Å². The second-order valence-electron chi connectivity index (χ2n) is 9.79. The first-order chi connectivity index (χ1) is 14.9. The zero-order valence-electron chi connectivity index (χ0n) is 19.2. The molecule has 2 aliphatic rings. The molecule has 0 bridgehead atoms. The molecule has 1 aromatic rings. The van der Waals surface area contributed by atoms with E-state index in [-0.39, 0.29) is 30.2 Å². The van der Waals surface area contributed by atoms with Crippen LogP contribution in [-0.4, -0.2) is 34.5 Å². The van der Waals surface area contributed by atoms with Crippen molar-refractivity contribution in [3.63, 3.8) is 0 Å². The Hall–Kier alpha value is -1.65. The van der Waals surface area contributed by atoms with Gasteiger partial charge in [-0.25, -0.2) is 0 Å². The highest BCUT2D eigenvalue weighted by Gasteiger charge is 2.35. The number of benzene rings is 1. The van der Waals surface area contributed by atoms with Gasteiger partial charge in [-0.05, 0) is 101 Å². The maximum Gasteiger partial charge on any atom is 0.306 e. The number of hydrogen-bond donors (Lipinski definition) is 2. The standard InChI is InChI=1S/C27H40O4/c1-19(2)31-27(30)12-6-4-3-5-9-20-13-15-26(29)24(20)14-16-25(28)23-17-21-10-7-8-11-22(21)18-23/h3,5,7-8,10-11,19-20,23-26,28-29H,4,6,9,12-18H2,1-2H3/t20-,24+,25+,26+/m0/s1. The lowest BCUT2D eigenvalue weighted by Gasteiger charge is -2.24. The van der Waals surface area contributed by atoms with Crippen LogP contribution in [0.3, 0.4) is 0 Å². The second-order valence-corrected chi connectivity index (χ2v) is 9.79. The summed E-state index contributed by atoms with van der Waals surface area (Å²) >= 11 is 0. The predicted molar refractivity (Wildman–Crippen MR) is 124 cm³/mol. The first-order valence-corrected chi connectivity index (χ1v) is 12.2. The van der Waals surface area contributed by atoms with Crippen LogP contribution >= 0.6 is 0 Å². The summed E-state index contributed by atoms with van der Waals surface area (Å²) in [5.74, 6) is 0.970. The first kappa shape index (κ1) is 24.0. The summed E-state index contributed by atoms with van der Waals surface area (Å²) in [4.78, 5) is 11.6. The third-order valence-electron chi connectivity index (χ3n) is 7.08. The number of esters is 1. The Morgan fingerprint density at radius 3 is 2.55 bits per heavy atom. The number of carbonyl (C=O) groups excluding carboxylic acids is 1. The third-order valence-corrected chi connectivity index (χ3v) is 7.08. The van der Waals surface area contributed by atoms with Crippen molar-refractivity contribution in [3.05, 3.63) is 47.5 Å². The van der Waals surface area contributed by atoms with Gasteiger partial charge >= 0.3 is 5.97 Å². The fourth-order valence-corrected chi connectivity index (χ4v) is 5.39. The zero-order valence-corrected chi connectivity index (χ0v) is 19.2. The topological polar surface area (TPSA) is 66.8 Å². The summed E-state index contributed by atoms with van der Waals surface area (Å²) < 4.78 is 5.15. The van der Waals surface area contributed by atoms with E-state index in [9.17, 15) is 15.0 Å². The lowest BCUT2D eigenvalue weighted by atomic mass is 9.85. The van der Waals surface area contributed by atoms with Crippen LogP contribution in [0.1, 0.15) is 76.3 Å². The van der Waals surface area contributed by atoms with Crippen molar-refractivity contribution in [2.75, 3.05) is 0 Å². The van der Waals surface area contributed by atoms with E-state index in [1.807, 2.05) is 13.8 Å². The van der Waals surface area contributed by atoms with Crippen LogP contribution in [0.15, 0.2) is 36.4 Å². The van der Waals surface area contributed by atoms with Crippen LogP contribution in [-0.2, 0) is 22.4 Å². The Bertz CT molecular complexity index is 701. The van der Waals surface area contributed by atoms with Gasteiger partial charge in [0, 0.05) is 6.42 Å². The molecule has 172 valence electrons. The van der Waals surface area contributed by atoms with E-state index in [1.165, 1.54) is 11.1 Å². The van der Waals surface area contributed by atoms with Crippen LogP contribution in [0, 0.1) is 17.8 Å². The van der Waals surface area contributed by atoms with Crippen LogP contribution < -0.4 is 0 Å². The fourth-order valence-electron chi connectivity index (χ4n) is 5.39. The predicted octanol–water partition coefficient (Wildman–Crippen LogP) is 5.00. The van der Waals surface area contributed by atoms with E-state index in [4.69, 9.17) is 4.74 Å². The molecule has 4 atom stereocenters. The molecule has 3 rings (SSSR count). The minimum Gasteiger partial charge on any atom is -0.463 e. The van der Waals surface area contributed by atoms with Crippen molar-refractivity contribution in [3.8, 4) is 0 Å². The summed E-state index contributed by atoms with van der Waals surface area (Å²) in [5, 5.41) is 21.3. The van der Waals surface area contributed by atoms with Crippen molar-refractivity contribution in [1.29, 1.82) is 0 Å². The normalized spacial score (nSPS) is 24.7. The molecular formula is C27H40O4. The van der Waals surface area contributed by atoms with Gasteiger partial charge in [0.25, 0.3) is 0 Å². The summed E-state index contributed by atoms with van der Waals surface area (Å²) in [6.45, 7) is 3.74. The molecular weight excluding hydrogens is 388 g/mol. The highest BCUT2D eigenvalue weighted by molar-refractivity contribution is 5.69. The lowest BCUT2D eigenvalue weighted by molar-refractivity contribution is -0.147. The summed E-state index contributed by atoms with van der Waals surface area (Å²) in [6.07, 6.45) is 12.5. The van der Waals surface area contributed by atoms with Crippen LogP contribution in [0.5, 0.6) is 0 Å². The number of aliphatic hydroxyl groups excluding tert-OH is 2. The van der Waals surface area contributed by atoms with Gasteiger partial charge in [0.1, 0.15) is 0 Å². The Morgan fingerprint density at radius 1 is 1.16 bits per heavy atom. The Balaban J connectivity index is 1.37. The Kier molecular flexibility index (Phi) is 9.15. The van der Waals surface area contributed by atoms with Crippen molar-refractivity contribution in [2.24, 2.45) is 17.8 Å². The average molecular weight is 429 g/mol. The van der Waals surface area contributed by atoms with Crippen LogP contribution in [0.4, 0.5) is 0 Å². The number of allylic oxidation sites excluding steroid dienone is 2. The quantitative estimate of drug-likeness (QED) is 0.296. The molecule has 1 aromatic carbocycles. The molecule has 0 aromatic heterocycles. The molecule has 1 fully saturated rings. The van der Waals surface area contributed by atoms with E-state index >= 15 is 0 Å². The van der Waals surface area contributed by atoms with Gasteiger partial charge in [-0.1, -0.05) is 36.4 Å². The highest BCUT2D eigenvalue weighted by atomic mass is 16.5. The van der Waals surface area contributed by atoms with Gasteiger partial charge in [0.2, 0.25) is 0 Å². The van der Waals surface area contributed by atoms with Gasteiger partial charge < -0.3 is 14.9 Å². The van der Waals surface area contributed by atoms with Crippen LogP contribution in [0.2, 0.25) is 0 Å². The minimum absolute atomic E-state index is 0.0451. The molecule has 31 heavy (non-hydrogen) atoms. The number of aliphatic hydroxyl groups is 2. The third kappa shape index (κ3) is 7.18. The summed E-state index contributed by atoms with van der Waals surface area (Å²) in [7, 11) is 0. The zero-order chi connectivity index (χ0) is 22.2. The first-order valence-electron chi connectivity index (χ1n) is 12.2. The molecule has 1 saturated carbocycles. The summed E-state index contributed by atoms with van der Waals surface area (Å²) in [5.41, 5.74) is 2.76. The molecule has 0 unspecified atom stereocenters. The van der Waals surface area contributed by atoms with E-state index in [1.54, 1.807) is 0 Å². The minimum atomic E-state index is -0.290. The molecule has 4 heteroatoms.